The van der Waals surface area contributed by atoms with Crippen LogP contribution in [0.1, 0.15) is 28.5 Å². The van der Waals surface area contributed by atoms with Crippen LogP contribution in [-0.2, 0) is 6.18 Å². The van der Waals surface area contributed by atoms with E-state index in [2.05, 4.69) is 4.98 Å². The molecule has 0 unspecified atom stereocenters. The molecule has 132 valence electrons. The number of aliphatic hydroxyl groups excluding tert-OH is 1. The van der Waals surface area contributed by atoms with E-state index < -0.39 is 17.9 Å². The van der Waals surface area contributed by atoms with Gasteiger partial charge in [0, 0.05) is 22.4 Å². The first-order valence-electron chi connectivity index (χ1n) is 7.40. The largest absolute Gasteiger partial charge is 0.433 e. The van der Waals surface area contributed by atoms with Crippen LogP contribution in [0.5, 0.6) is 0 Å². The van der Waals surface area contributed by atoms with E-state index in [1.807, 2.05) is 36.4 Å². The Hall–Kier alpha value is -2.08. The highest BCUT2D eigenvalue weighted by molar-refractivity contribution is 7.99. The number of alkyl halides is 3. The molecule has 0 aliphatic carbocycles. The number of pyridine rings is 1. The van der Waals surface area contributed by atoms with Crippen LogP contribution >= 0.6 is 11.8 Å². The molecule has 25 heavy (non-hydrogen) atoms. The van der Waals surface area contributed by atoms with Crippen molar-refractivity contribution >= 4 is 11.8 Å². The lowest BCUT2D eigenvalue weighted by Gasteiger charge is -2.21. The Morgan fingerprint density at radius 1 is 1.28 bits per heavy atom. The lowest BCUT2D eigenvalue weighted by Crippen LogP contribution is -2.26. The van der Waals surface area contributed by atoms with Crippen molar-refractivity contribution in [1.82, 2.24) is 4.98 Å². The summed E-state index contributed by atoms with van der Waals surface area (Å²) in [6.45, 7) is -0.237. The number of nitrogens with zero attached hydrogens (tertiary/aromatic N) is 2. The molecule has 0 fully saturated rings. The summed E-state index contributed by atoms with van der Waals surface area (Å²) in [6.07, 6.45) is -3.31. The lowest BCUT2D eigenvalue weighted by atomic mass is 10.1. The average Bonchev–Trinajstić information content (AvgIpc) is 2.60. The number of thioether (sulfide) groups is 1. The molecule has 1 aromatic carbocycles. The van der Waals surface area contributed by atoms with E-state index in [0.29, 0.717) is 6.42 Å². The Balaban J connectivity index is 2.39. The average molecular weight is 367 g/mol. The summed E-state index contributed by atoms with van der Waals surface area (Å²) in [5.74, 6) is 0. The molecule has 2 atom stereocenters. The number of rotatable bonds is 6. The summed E-state index contributed by atoms with van der Waals surface area (Å²) >= 11 is 1.11. The molecule has 2 rings (SSSR count). The number of halogens is 3. The van der Waals surface area contributed by atoms with Gasteiger partial charge in [-0.2, -0.15) is 18.4 Å². The second kappa shape index (κ2) is 8.34. The van der Waals surface area contributed by atoms with Gasteiger partial charge in [0.2, 0.25) is 0 Å². The van der Waals surface area contributed by atoms with E-state index in [9.17, 15) is 23.5 Å². The molecule has 0 saturated heterocycles. The third kappa shape index (κ3) is 5.19. The molecule has 0 radical (unpaired) electrons. The minimum atomic E-state index is -4.59. The normalized spacial score (nSPS) is 13.9. The monoisotopic (exact) mass is 367 g/mol. The van der Waals surface area contributed by atoms with E-state index in [-0.39, 0.29) is 22.3 Å². The minimum absolute atomic E-state index is 0.0662. The summed E-state index contributed by atoms with van der Waals surface area (Å²) < 4.78 is 38.8. The van der Waals surface area contributed by atoms with Crippen molar-refractivity contribution < 1.29 is 18.3 Å². The van der Waals surface area contributed by atoms with Crippen molar-refractivity contribution in [1.29, 1.82) is 5.26 Å². The van der Waals surface area contributed by atoms with Gasteiger partial charge in [-0.1, -0.05) is 30.3 Å². The third-order valence-corrected chi connectivity index (χ3v) is 4.81. The maximum atomic E-state index is 12.9. The molecule has 4 nitrogen and oxygen atoms in total. The number of hydrogen-bond donors (Lipinski definition) is 2. The van der Waals surface area contributed by atoms with E-state index in [1.54, 1.807) is 0 Å². The fourth-order valence-corrected chi connectivity index (χ4v) is 3.54. The molecular weight excluding hydrogens is 351 g/mol. The molecule has 2 aromatic rings. The molecular formula is C17H16F3N3OS. The van der Waals surface area contributed by atoms with Crippen LogP contribution in [0.4, 0.5) is 13.2 Å². The van der Waals surface area contributed by atoms with Crippen LogP contribution in [0.25, 0.3) is 0 Å². The highest BCUT2D eigenvalue weighted by Gasteiger charge is 2.33. The maximum absolute atomic E-state index is 12.9. The molecule has 0 bridgehead atoms. The molecule has 1 heterocycles. The van der Waals surface area contributed by atoms with Crippen LogP contribution in [0.15, 0.2) is 47.5 Å². The van der Waals surface area contributed by atoms with Crippen LogP contribution in [0.3, 0.4) is 0 Å². The second-order valence-electron chi connectivity index (χ2n) is 5.37. The van der Waals surface area contributed by atoms with Crippen molar-refractivity contribution in [3.63, 3.8) is 0 Å². The van der Waals surface area contributed by atoms with Gasteiger partial charge in [0.15, 0.2) is 0 Å². The number of aliphatic hydroxyl groups is 1. The number of nitrogens with two attached hydrogens (primary N) is 1. The van der Waals surface area contributed by atoms with Crippen LogP contribution in [0, 0.1) is 11.3 Å². The van der Waals surface area contributed by atoms with Crippen LogP contribution in [0.2, 0.25) is 0 Å². The fraction of sp³-hybridized carbons (Fsp3) is 0.294. The predicted octanol–water partition coefficient (Wildman–Crippen LogP) is 3.52. The van der Waals surface area contributed by atoms with Crippen molar-refractivity contribution in [2.75, 3.05) is 6.61 Å². The molecule has 0 aliphatic heterocycles. The van der Waals surface area contributed by atoms with Gasteiger partial charge in [0.1, 0.15) is 11.8 Å². The Bertz CT molecular complexity index is 747. The first-order valence-corrected chi connectivity index (χ1v) is 8.28. The smallest absolute Gasteiger partial charge is 0.395 e. The molecule has 8 heteroatoms. The SMILES string of the molecule is N#Cc1cnc(C(F)(F)F)cc1S[C@H](C[C@H](N)CO)c1ccccc1. The van der Waals surface area contributed by atoms with Gasteiger partial charge in [-0.15, -0.1) is 11.8 Å². The zero-order chi connectivity index (χ0) is 18.4. The van der Waals surface area contributed by atoms with Gasteiger partial charge < -0.3 is 10.8 Å². The number of aromatic nitrogens is 1. The second-order valence-corrected chi connectivity index (χ2v) is 6.62. The summed E-state index contributed by atoms with van der Waals surface area (Å²) in [4.78, 5) is 3.50. The zero-order valence-corrected chi connectivity index (χ0v) is 13.9. The van der Waals surface area contributed by atoms with Gasteiger partial charge in [-0.05, 0) is 18.1 Å². The van der Waals surface area contributed by atoms with Crippen LogP contribution in [-0.4, -0.2) is 22.7 Å². The van der Waals surface area contributed by atoms with E-state index in [4.69, 9.17) is 5.73 Å². The van der Waals surface area contributed by atoms with Gasteiger partial charge in [0.05, 0.1) is 12.2 Å². The Morgan fingerprint density at radius 3 is 2.52 bits per heavy atom. The van der Waals surface area contributed by atoms with Crippen molar-refractivity contribution in [2.24, 2.45) is 5.73 Å². The van der Waals surface area contributed by atoms with E-state index in [1.165, 1.54) is 0 Å². The zero-order valence-electron chi connectivity index (χ0n) is 13.1. The van der Waals surface area contributed by atoms with Gasteiger partial charge in [-0.25, -0.2) is 0 Å². The quantitative estimate of drug-likeness (QED) is 0.764. The first kappa shape index (κ1) is 19.2. The molecule has 0 spiro atoms. The Kier molecular flexibility index (Phi) is 6.42. The van der Waals surface area contributed by atoms with Crippen molar-refractivity contribution in [3.05, 3.63) is 59.4 Å². The summed E-state index contributed by atoms with van der Waals surface area (Å²) in [7, 11) is 0. The number of hydrogen-bond acceptors (Lipinski definition) is 5. The summed E-state index contributed by atoms with van der Waals surface area (Å²) in [6, 6.07) is 11.3. The first-order chi connectivity index (χ1) is 11.8. The summed E-state index contributed by atoms with van der Waals surface area (Å²) in [5.41, 5.74) is 5.68. The third-order valence-electron chi connectivity index (χ3n) is 3.47. The molecule has 1 aromatic heterocycles. The van der Waals surface area contributed by atoms with Crippen LogP contribution < -0.4 is 5.73 Å². The minimum Gasteiger partial charge on any atom is -0.395 e. The summed E-state index contributed by atoms with van der Waals surface area (Å²) in [5, 5.41) is 18.1. The van der Waals surface area contributed by atoms with Crippen molar-refractivity contribution in [3.8, 4) is 6.07 Å². The highest BCUT2D eigenvalue weighted by Crippen LogP contribution is 2.41. The van der Waals surface area contributed by atoms with E-state index >= 15 is 0 Å². The lowest BCUT2D eigenvalue weighted by molar-refractivity contribution is -0.141. The molecule has 0 saturated carbocycles. The van der Waals surface area contributed by atoms with Crippen molar-refractivity contribution in [2.45, 2.75) is 28.8 Å². The predicted molar refractivity (Wildman–Crippen MR) is 88.7 cm³/mol. The number of nitriles is 1. The van der Waals surface area contributed by atoms with Gasteiger partial charge >= 0.3 is 6.18 Å². The standard InChI is InChI=1S/C17H16F3N3OS/c18-17(19,20)16-7-15(12(8-21)9-23-16)25-14(6-13(22)10-24)11-4-2-1-3-5-11/h1-5,7,9,13-14,24H,6,10,22H2/t13-,14+/m0/s1. The number of benzene rings is 1. The van der Waals surface area contributed by atoms with E-state index in [0.717, 1.165) is 29.6 Å². The molecule has 0 amide bonds. The molecule has 0 aliphatic rings. The van der Waals surface area contributed by atoms with Gasteiger partial charge in [0.25, 0.3) is 0 Å². The topological polar surface area (TPSA) is 82.9 Å². The Morgan fingerprint density at radius 2 is 1.96 bits per heavy atom. The highest BCUT2D eigenvalue weighted by atomic mass is 32.2. The fourth-order valence-electron chi connectivity index (χ4n) is 2.20. The van der Waals surface area contributed by atoms with Gasteiger partial charge in [-0.3, -0.25) is 4.98 Å². The Labute approximate surface area is 147 Å². The molecule has 3 N–H and O–H groups in total. The maximum Gasteiger partial charge on any atom is 0.433 e.